The standard InChI is InChI=1S/C23H21F3N2O4S/c1-28(15-17-6-3-2-4-7-17)22(29)16-32-20-10-12-21(13-11-20)33(30,31)27-19-9-5-8-18(14-19)23(24,25)26/h2-14,27H,15-16H2,1H3. The Labute approximate surface area is 189 Å². The maximum absolute atomic E-state index is 12.8. The molecule has 0 radical (unpaired) electrons. The van der Waals surface area contributed by atoms with Crippen LogP contribution in [0.5, 0.6) is 5.75 Å². The number of hydrogen-bond acceptors (Lipinski definition) is 4. The van der Waals surface area contributed by atoms with Gasteiger partial charge in [0.2, 0.25) is 0 Å². The summed E-state index contributed by atoms with van der Waals surface area (Å²) >= 11 is 0. The molecule has 0 unspecified atom stereocenters. The van der Waals surface area contributed by atoms with Gasteiger partial charge in [0.15, 0.2) is 6.61 Å². The predicted molar refractivity (Wildman–Crippen MR) is 117 cm³/mol. The fourth-order valence-corrected chi connectivity index (χ4v) is 3.94. The highest BCUT2D eigenvalue weighted by molar-refractivity contribution is 7.92. The molecule has 0 spiro atoms. The Morgan fingerprint density at radius 2 is 1.64 bits per heavy atom. The van der Waals surface area contributed by atoms with E-state index >= 15 is 0 Å². The molecule has 1 N–H and O–H groups in total. The first-order chi connectivity index (χ1) is 15.5. The number of anilines is 1. The molecule has 1 amide bonds. The number of likely N-dealkylation sites (N-methyl/N-ethyl adjacent to an activating group) is 1. The van der Waals surface area contributed by atoms with Gasteiger partial charge in [0.1, 0.15) is 5.75 Å². The Hall–Kier alpha value is -3.53. The number of nitrogens with zero attached hydrogens (tertiary/aromatic N) is 1. The van der Waals surface area contributed by atoms with Crippen molar-refractivity contribution in [2.45, 2.75) is 17.6 Å². The fraction of sp³-hybridized carbons (Fsp3) is 0.174. The lowest BCUT2D eigenvalue weighted by Gasteiger charge is -2.17. The molecule has 3 aromatic carbocycles. The smallest absolute Gasteiger partial charge is 0.416 e. The molecule has 0 fully saturated rings. The molecule has 0 aliphatic heterocycles. The van der Waals surface area contributed by atoms with Crippen LogP contribution in [0.4, 0.5) is 18.9 Å². The average molecular weight is 478 g/mol. The van der Waals surface area contributed by atoms with Gasteiger partial charge in [-0.2, -0.15) is 13.2 Å². The van der Waals surface area contributed by atoms with Crippen LogP contribution in [0.15, 0.2) is 83.8 Å². The zero-order valence-corrected chi connectivity index (χ0v) is 18.4. The molecule has 0 aromatic heterocycles. The molecule has 3 aromatic rings. The van der Waals surface area contributed by atoms with E-state index in [0.717, 1.165) is 17.7 Å². The highest BCUT2D eigenvalue weighted by Gasteiger charge is 2.30. The molecular weight excluding hydrogens is 457 g/mol. The molecule has 0 aliphatic carbocycles. The SMILES string of the molecule is CN(Cc1ccccc1)C(=O)COc1ccc(S(=O)(=O)Nc2cccc(C(F)(F)F)c2)cc1. The van der Waals surface area contributed by atoms with Crippen molar-refractivity contribution < 1.29 is 31.1 Å². The second-order valence-electron chi connectivity index (χ2n) is 7.18. The normalized spacial score (nSPS) is 11.6. The number of rotatable bonds is 8. The van der Waals surface area contributed by atoms with Gasteiger partial charge in [0, 0.05) is 19.3 Å². The lowest BCUT2D eigenvalue weighted by Crippen LogP contribution is -2.30. The van der Waals surface area contributed by atoms with Crippen molar-refractivity contribution in [3.63, 3.8) is 0 Å². The molecule has 174 valence electrons. The van der Waals surface area contributed by atoms with Gasteiger partial charge < -0.3 is 9.64 Å². The minimum Gasteiger partial charge on any atom is -0.484 e. The van der Waals surface area contributed by atoms with E-state index in [1.807, 2.05) is 30.3 Å². The van der Waals surface area contributed by atoms with Crippen molar-refractivity contribution in [2.24, 2.45) is 0 Å². The molecule has 0 saturated carbocycles. The zero-order valence-electron chi connectivity index (χ0n) is 17.5. The number of alkyl halides is 3. The average Bonchev–Trinajstić information content (AvgIpc) is 2.77. The van der Waals surface area contributed by atoms with Crippen LogP contribution < -0.4 is 9.46 Å². The van der Waals surface area contributed by atoms with E-state index in [-0.39, 0.29) is 28.8 Å². The van der Waals surface area contributed by atoms with Crippen molar-refractivity contribution >= 4 is 21.6 Å². The van der Waals surface area contributed by atoms with E-state index in [1.54, 1.807) is 7.05 Å². The number of sulfonamides is 1. The molecule has 0 saturated heterocycles. The van der Waals surface area contributed by atoms with Crippen LogP contribution in [0.3, 0.4) is 0 Å². The van der Waals surface area contributed by atoms with Gasteiger partial charge in [-0.15, -0.1) is 0 Å². The summed E-state index contributed by atoms with van der Waals surface area (Å²) in [4.78, 5) is 13.6. The van der Waals surface area contributed by atoms with Crippen LogP contribution in [0, 0.1) is 0 Å². The topological polar surface area (TPSA) is 75.7 Å². The molecule has 0 aliphatic rings. The second-order valence-corrected chi connectivity index (χ2v) is 8.86. The monoisotopic (exact) mass is 478 g/mol. The maximum atomic E-state index is 12.8. The van der Waals surface area contributed by atoms with Crippen molar-refractivity contribution in [1.29, 1.82) is 0 Å². The Balaban J connectivity index is 1.59. The summed E-state index contributed by atoms with van der Waals surface area (Å²) in [7, 11) is -2.47. The van der Waals surface area contributed by atoms with Crippen molar-refractivity contribution in [1.82, 2.24) is 4.90 Å². The van der Waals surface area contributed by atoms with Crippen LogP contribution >= 0.6 is 0 Å². The van der Waals surface area contributed by atoms with E-state index in [1.165, 1.54) is 35.2 Å². The highest BCUT2D eigenvalue weighted by atomic mass is 32.2. The molecule has 6 nitrogen and oxygen atoms in total. The third kappa shape index (κ3) is 6.72. The Morgan fingerprint density at radius 1 is 0.970 bits per heavy atom. The summed E-state index contributed by atoms with van der Waals surface area (Å²) in [6.07, 6.45) is -4.59. The summed E-state index contributed by atoms with van der Waals surface area (Å²) < 4.78 is 71.1. The first-order valence-corrected chi connectivity index (χ1v) is 11.2. The second kappa shape index (κ2) is 9.95. The van der Waals surface area contributed by atoms with Crippen LogP contribution in [-0.2, 0) is 27.5 Å². The number of halogens is 3. The van der Waals surface area contributed by atoms with Gasteiger partial charge in [0.25, 0.3) is 15.9 Å². The third-order valence-electron chi connectivity index (χ3n) is 4.63. The lowest BCUT2D eigenvalue weighted by atomic mass is 10.2. The van der Waals surface area contributed by atoms with E-state index in [2.05, 4.69) is 4.72 Å². The van der Waals surface area contributed by atoms with Crippen molar-refractivity contribution in [2.75, 3.05) is 18.4 Å². The fourth-order valence-electron chi connectivity index (χ4n) is 2.89. The maximum Gasteiger partial charge on any atom is 0.416 e. The van der Waals surface area contributed by atoms with Crippen LogP contribution in [0.2, 0.25) is 0 Å². The molecule has 0 atom stereocenters. The van der Waals surface area contributed by atoms with E-state index in [9.17, 15) is 26.4 Å². The largest absolute Gasteiger partial charge is 0.484 e. The van der Waals surface area contributed by atoms with E-state index < -0.39 is 21.8 Å². The Bertz CT molecular complexity index is 1200. The Kier molecular flexibility index (Phi) is 7.27. The first kappa shape index (κ1) is 24.1. The first-order valence-electron chi connectivity index (χ1n) is 9.75. The Morgan fingerprint density at radius 3 is 2.27 bits per heavy atom. The number of amides is 1. The quantitative estimate of drug-likeness (QED) is 0.516. The molecule has 33 heavy (non-hydrogen) atoms. The summed E-state index contributed by atoms with van der Waals surface area (Å²) in [6.45, 7) is 0.180. The van der Waals surface area contributed by atoms with Crippen LogP contribution in [-0.4, -0.2) is 32.9 Å². The molecular formula is C23H21F3N2O4S. The van der Waals surface area contributed by atoms with Crippen LogP contribution in [0.25, 0.3) is 0 Å². The van der Waals surface area contributed by atoms with E-state index in [0.29, 0.717) is 12.6 Å². The zero-order chi connectivity index (χ0) is 24.1. The van der Waals surface area contributed by atoms with Crippen molar-refractivity contribution in [3.8, 4) is 5.75 Å². The number of benzene rings is 3. The van der Waals surface area contributed by atoms with Gasteiger partial charge in [-0.05, 0) is 48.0 Å². The minimum atomic E-state index is -4.59. The molecule has 0 bridgehead atoms. The summed E-state index contributed by atoms with van der Waals surface area (Å²) in [5.41, 5.74) is -0.207. The van der Waals surface area contributed by atoms with Gasteiger partial charge in [0.05, 0.1) is 10.5 Å². The third-order valence-corrected chi connectivity index (χ3v) is 6.02. The molecule has 3 rings (SSSR count). The van der Waals surface area contributed by atoms with E-state index in [4.69, 9.17) is 4.74 Å². The summed E-state index contributed by atoms with van der Waals surface area (Å²) in [5, 5.41) is 0. The number of ether oxygens (including phenoxy) is 1. The number of nitrogens with one attached hydrogen (secondary N) is 1. The summed E-state index contributed by atoms with van der Waals surface area (Å²) in [5.74, 6) is 0.0104. The number of carbonyl (C=O) groups is 1. The highest BCUT2D eigenvalue weighted by Crippen LogP contribution is 2.31. The van der Waals surface area contributed by atoms with Crippen LogP contribution in [0.1, 0.15) is 11.1 Å². The van der Waals surface area contributed by atoms with Gasteiger partial charge in [-0.3, -0.25) is 9.52 Å². The minimum absolute atomic E-state index is 0.167. The van der Waals surface area contributed by atoms with Gasteiger partial charge >= 0.3 is 6.18 Å². The number of hydrogen-bond donors (Lipinski definition) is 1. The molecule has 0 heterocycles. The lowest BCUT2D eigenvalue weighted by molar-refractivity contribution is -0.137. The number of carbonyl (C=O) groups excluding carboxylic acids is 1. The van der Waals surface area contributed by atoms with Crippen molar-refractivity contribution in [3.05, 3.63) is 90.0 Å². The molecule has 10 heteroatoms. The van der Waals surface area contributed by atoms with Gasteiger partial charge in [-0.25, -0.2) is 8.42 Å². The predicted octanol–water partition coefficient (Wildman–Crippen LogP) is 4.54. The summed E-state index contributed by atoms with van der Waals surface area (Å²) in [6, 6.07) is 18.6. The van der Waals surface area contributed by atoms with Gasteiger partial charge in [-0.1, -0.05) is 36.4 Å².